The van der Waals surface area contributed by atoms with E-state index < -0.39 is 0 Å². The first-order valence-electron chi connectivity index (χ1n) is 6.17. The van der Waals surface area contributed by atoms with Crippen LogP contribution in [0.15, 0.2) is 34.8 Å². The number of aryl methyl sites for hydroxylation is 2. The third-order valence-corrected chi connectivity index (χ3v) is 4.92. The molecule has 1 atom stereocenters. The van der Waals surface area contributed by atoms with Gasteiger partial charge in [-0.1, -0.05) is 35.0 Å². The summed E-state index contributed by atoms with van der Waals surface area (Å²) in [6.07, 6.45) is 0. The Morgan fingerprint density at radius 3 is 2.56 bits per heavy atom. The molecule has 0 aliphatic carbocycles. The quantitative estimate of drug-likeness (QED) is 0.850. The van der Waals surface area contributed by atoms with Gasteiger partial charge in [0.15, 0.2) is 0 Å². The lowest BCUT2D eigenvalue weighted by atomic mass is 10.0. The van der Waals surface area contributed by atoms with E-state index in [0.29, 0.717) is 6.04 Å². The van der Waals surface area contributed by atoms with E-state index in [1.54, 1.807) is 0 Å². The predicted octanol–water partition coefficient (Wildman–Crippen LogP) is 4.83. The molecule has 1 N–H and O–H groups in total. The summed E-state index contributed by atoms with van der Waals surface area (Å²) in [5.41, 5.74) is 2.61. The number of hydrogen-bond acceptors (Lipinski definition) is 2. The molecule has 1 heterocycles. The smallest absolute Gasteiger partial charge is 0.0671 e. The molecule has 0 radical (unpaired) electrons. The lowest BCUT2D eigenvalue weighted by Crippen LogP contribution is -2.21. The average Bonchev–Trinajstić information content (AvgIpc) is 2.76. The van der Waals surface area contributed by atoms with Gasteiger partial charge in [-0.05, 0) is 49.7 Å². The summed E-state index contributed by atoms with van der Waals surface area (Å²) in [6.45, 7) is 7.41. The van der Waals surface area contributed by atoms with Gasteiger partial charge in [-0.25, -0.2) is 0 Å². The molecular formula is C15H18BrNS. The van der Waals surface area contributed by atoms with Gasteiger partial charge in [0.1, 0.15) is 0 Å². The van der Waals surface area contributed by atoms with Gasteiger partial charge in [0.05, 0.1) is 6.04 Å². The van der Waals surface area contributed by atoms with E-state index in [0.717, 1.165) is 6.54 Å². The lowest BCUT2D eigenvalue weighted by molar-refractivity contribution is 0.639. The van der Waals surface area contributed by atoms with Gasteiger partial charge in [0, 0.05) is 14.2 Å². The van der Waals surface area contributed by atoms with Crippen molar-refractivity contribution in [3.05, 3.63) is 55.7 Å². The van der Waals surface area contributed by atoms with Crippen LogP contribution in [0.4, 0.5) is 0 Å². The highest BCUT2D eigenvalue weighted by molar-refractivity contribution is 9.10. The number of nitrogens with one attached hydrogen (secondary N) is 1. The molecule has 2 aromatic rings. The third-order valence-electron chi connectivity index (χ3n) is 2.97. The summed E-state index contributed by atoms with van der Waals surface area (Å²) in [4.78, 5) is 2.75. The molecular weight excluding hydrogens is 306 g/mol. The summed E-state index contributed by atoms with van der Waals surface area (Å²) in [5, 5.41) is 3.57. The SMILES string of the molecule is CCNC(c1ccc(Br)c(C)c1)c1ccc(C)s1. The molecule has 0 amide bonds. The Bertz CT molecular complexity index is 533. The minimum atomic E-state index is 0.306. The zero-order valence-corrected chi connectivity index (χ0v) is 13.4. The molecule has 0 saturated carbocycles. The van der Waals surface area contributed by atoms with E-state index in [4.69, 9.17) is 0 Å². The Balaban J connectivity index is 2.37. The van der Waals surface area contributed by atoms with Crippen molar-refractivity contribution < 1.29 is 0 Å². The van der Waals surface area contributed by atoms with Crippen LogP contribution in [-0.2, 0) is 0 Å². The largest absolute Gasteiger partial charge is 0.306 e. The highest BCUT2D eigenvalue weighted by Crippen LogP contribution is 2.30. The molecule has 2 rings (SSSR count). The van der Waals surface area contributed by atoms with Crippen molar-refractivity contribution in [3.63, 3.8) is 0 Å². The molecule has 1 unspecified atom stereocenters. The summed E-state index contributed by atoms with van der Waals surface area (Å²) in [5.74, 6) is 0. The Hall–Kier alpha value is -0.640. The maximum absolute atomic E-state index is 3.57. The van der Waals surface area contributed by atoms with Crippen LogP contribution in [-0.4, -0.2) is 6.54 Å². The number of benzene rings is 1. The van der Waals surface area contributed by atoms with Gasteiger partial charge in [-0.2, -0.15) is 0 Å². The summed E-state index contributed by atoms with van der Waals surface area (Å²) >= 11 is 5.43. The number of rotatable bonds is 4. The number of halogens is 1. The van der Waals surface area contributed by atoms with Gasteiger partial charge in [0.2, 0.25) is 0 Å². The maximum Gasteiger partial charge on any atom is 0.0671 e. The van der Waals surface area contributed by atoms with E-state index >= 15 is 0 Å². The first kappa shape index (κ1) is 13.8. The normalized spacial score (nSPS) is 12.7. The first-order valence-corrected chi connectivity index (χ1v) is 7.78. The fourth-order valence-electron chi connectivity index (χ4n) is 2.04. The Morgan fingerprint density at radius 2 is 2.00 bits per heavy atom. The van der Waals surface area contributed by atoms with Crippen LogP contribution in [0.1, 0.15) is 33.8 Å². The van der Waals surface area contributed by atoms with Crippen LogP contribution in [0, 0.1) is 13.8 Å². The molecule has 0 aliphatic rings. The van der Waals surface area contributed by atoms with Crippen LogP contribution in [0.2, 0.25) is 0 Å². The van der Waals surface area contributed by atoms with Crippen molar-refractivity contribution in [3.8, 4) is 0 Å². The Morgan fingerprint density at radius 1 is 1.22 bits per heavy atom. The monoisotopic (exact) mass is 323 g/mol. The van der Waals surface area contributed by atoms with Crippen molar-refractivity contribution in [2.75, 3.05) is 6.54 Å². The molecule has 0 fully saturated rings. The van der Waals surface area contributed by atoms with Crippen LogP contribution in [0.5, 0.6) is 0 Å². The highest BCUT2D eigenvalue weighted by Gasteiger charge is 2.15. The summed E-state index contributed by atoms with van der Waals surface area (Å²) < 4.78 is 1.17. The molecule has 1 aromatic carbocycles. The molecule has 0 spiro atoms. The second kappa shape index (κ2) is 6.00. The fraction of sp³-hybridized carbons (Fsp3) is 0.333. The zero-order chi connectivity index (χ0) is 13.1. The minimum Gasteiger partial charge on any atom is -0.306 e. The Kier molecular flexibility index (Phi) is 4.60. The van der Waals surface area contributed by atoms with E-state index in [-0.39, 0.29) is 0 Å². The molecule has 0 bridgehead atoms. The standard InChI is InChI=1S/C15H18BrNS/c1-4-17-15(14-8-5-11(3)18-14)12-6-7-13(16)10(2)9-12/h5-9,15,17H,4H2,1-3H3. The van der Waals surface area contributed by atoms with E-state index in [2.05, 4.69) is 72.3 Å². The zero-order valence-electron chi connectivity index (χ0n) is 11.0. The molecule has 0 aliphatic heterocycles. The minimum absolute atomic E-state index is 0.306. The van der Waals surface area contributed by atoms with Crippen LogP contribution < -0.4 is 5.32 Å². The lowest BCUT2D eigenvalue weighted by Gasteiger charge is -2.18. The van der Waals surface area contributed by atoms with Gasteiger partial charge >= 0.3 is 0 Å². The molecule has 1 aromatic heterocycles. The van der Waals surface area contributed by atoms with Gasteiger partial charge < -0.3 is 5.32 Å². The first-order chi connectivity index (χ1) is 8.61. The van der Waals surface area contributed by atoms with E-state index in [1.165, 1.54) is 25.4 Å². The highest BCUT2D eigenvalue weighted by atomic mass is 79.9. The van der Waals surface area contributed by atoms with Crippen LogP contribution in [0.25, 0.3) is 0 Å². The van der Waals surface area contributed by atoms with E-state index in [9.17, 15) is 0 Å². The fourth-order valence-corrected chi connectivity index (χ4v) is 3.27. The number of thiophene rings is 1. The van der Waals surface area contributed by atoms with Gasteiger partial charge in [-0.3, -0.25) is 0 Å². The maximum atomic E-state index is 3.57. The summed E-state index contributed by atoms with van der Waals surface area (Å²) in [6, 6.07) is 11.3. The van der Waals surface area contributed by atoms with Crippen LogP contribution in [0.3, 0.4) is 0 Å². The second-order valence-electron chi connectivity index (χ2n) is 4.45. The van der Waals surface area contributed by atoms with Gasteiger partial charge in [0.25, 0.3) is 0 Å². The summed E-state index contributed by atoms with van der Waals surface area (Å²) in [7, 11) is 0. The predicted molar refractivity (Wildman–Crippen MR) is 83.5 cm³/mol. The van der Waals surface area contributed by atoms with Crippen molar-refractivity contribution in [1.29, 1.82) is 0 Å². The molecule has 0 saturated heterocycles. The Labute approximate surface area is 121 Å². The average molecular weight is 324 g/mol. The molecule has 1 nitrogen and oxygen atoms in total. The molecule has 3 heteroatoms. The number of hydrogen-bond donors (Lipinski definition) is 1. The van der Waals surface area contributed by atoms with Crippen molar-refractivity contribution in [1.82, 2.24) is 5.32 Å². The van der Waals surface area contributed by atoms with Crippen molar-refractivity contribution >= 4 is 27.3 Å². The molecule has 18 heavy (non-hydrogen) atoms. The van der Waals surface area contributed by atoms with Crippen molar-refractivity contribution in [2.45, 2.75) is 26.8 Å². The third kappa shape index (κ3) is 3.02. The topological polar surface area (TPSA) is 12.0 Å². The van der Waals surface area contributed by atoms with E-state index in [1.807, 2.05) is 11.3 Å². The van der Waals surface area contributed by atoms with Gasteiger partial charge in [-0.15, -0.1) is 11.3 Å². The second-order valence-corrected chi connectivity index (χ2v) is 6.62. The molecule has 96 valence electrons. The van der Waals surface area contributed by atoms with Crippen molar-refractivity contribution in [2.24, 2.45) is 0 Å². The van der Waals surface area contributed by atoms with Crippen LogP contribution >= 0.6 is 27.3 Å².